The fourth-order valence-corrected chi connectivity index (χ4v) is 2.83. The van der Waals surface area contributed by atoms with Gasteiger partial charge in [-0.15, -0.1) is 0 Å². The lowest BCUT2D eigenvalue weighted by Crippen LogP contribution is -2.37. The predicted octanol–water partition coefficient (Wildman–Crippen LogP) is 3.42. The smallest absolute Gasteiger partial charge is 0.228 e. The minimum absolute atomic E-state index is 0.0999. The Hall–Kier alpha value is -1.51. The van der Waals surface area contributed by atoms with Crippen LogP contribution in [0, 0.1) is 11.3 Å². The second-order valence-corrected chi connectivity index (χ2v) is 5.90. The molecule has 1 atom stereocenters. The van der Waals surface area contributed by atoms with Crippen LogP contribution in [0.25, 0.3) is 0 Å². The second kappa shape index (κ2) is 5.01. The van der Waals surface area contributed by atoms with Gasteiger partial charge in [0.1, 0.15) is 0 Å². The molecule has 3 N–H and O–H groups in total. The monoisotopic (exact) mass is 246 g/mol. The van der Waals surface area contributed by atoms with E-state index in [4.69, 9.17) is 5.73 Å². The average molecular weight is 246 g/mol. The summed E-state index contributed by atoms with van der Waals surface area (Å²) in [6.45, 7) is 4.38. The molecule has 0 aliphatic heterocycles. The molecular weight excluding hydrogens is 224 g/mol. The zero-order valence-corrected chi connectivity index (χ0v) is 11.2. The highest BCUT2D eigenvalue weighted by Crippen LogP contribution is 2.41. The minimum atomic E-state index is 0.0999. The summed E-state index contributed by atoms with van der Waals surface area (Å²) < 4.78 is 0. The van der Waals surface area contributed by atoms with E-state index < -0.39 is 0 Å². The number of nitrogens with one attached hydrogen (secondary N) is 1. The molecule has 1 aromatic rings. The van der Waals surface area contributed by atoms with Gasteiger partial charge in [-0.3, -0.25) is 4.79 Å². The van der Waals surface area contributed by atoms with Crippen molar-refractivity contribution in [3.05, 3.63) is 24.3 Å². The van der Waals surface area contributed by atoms with Gasteiger partial charge in [0.15, 0.2) is 0 Å². The Morgan fingerprint density at radius 3 is 2.83 bits per heavy atom. The van der Waals surface area contributed by atoms with Crippen molar-refractivity contribution < 1.29 is 4.79 Å². The molecule has 1 aliphatic rings. The normalized spacial score (nSPS) is 22.4. The van der Waals surface area contributed by atoms with Crippen LogP contribution >= 0.6 is 0 Å². The summed E-state index contributed by atoms with van der Waals surface area (Å²) in [7, 11) is 0. The number of amides is 1. The highest BCUT2D eigenvalue weighted by atomic mass is 16.1. The lowest BCUT2D eigenvalue weighted by Gasteiger charge is -2.37. The third-order valence-corrected chi connectivity index (χ3v) is 3.98. The van der Waals surface area contributed by atoms with Gasteiger partial charge in [-0.1, -0.05) is 32.8 Å². The van der Waals surface area contributed by atoms with Gasteiger partial charge in [-0.25, -0.2) is 0 Å². The number of rotatable bonds is 2. The van der Waals surface area contributed by atoms with Crippen molar-refractivity contribution in [2.45, 2.75) is 39.5 Å². The lowest BCUT2D eigenvalue weighted by atomic mass is 9.68. The predicted molar refractivity (Wildman–Crippen MR) is 75.2 cm³/mol. The molecule has 0 spiro atoms. The summed E-state index contributed by atoms with van der Waals surface area (Å²) in [4.78, 5) is 12.3. The molecule has 1 fully saturated rings. The summed E-state index contributed by atoms with van der Waals surface area (Å²) in [5.74, 6) is 0.234. The van der Waals surface area contributed by atoms with Gasteiger partial charge < -0.3 is 11.1 Å². The van der Waals surface area contributed by atoms with E-state index in [1.807, 2.05) is 18.2 Å². The highest BCUT2D eigenvalue weighted by Gasteiger charge is 2.37. The number of nitrogens with two attached hydrogens (primary N) is 1. The van der Waals surface area contributed by atoms with Crippen molar-refractivity contribution >= 4 is 17.3 Å². The molecule has 2 rings (SSSR count). The number of nitrogen functional groups attached to an aromatic ring is 1. The SMILES string of the molecule is CC1(C)CCCCC1C(=O)Nc1cccc(N)c1. The molecule has 0 saturated heterocycles. The van der Waals surface area contributed by atoms with Crippen molar-refractivity contribution in [2.24, 2.45) is 11.3 Å². The molecule has 3 nitrogen and oxygen atoms in total. The molecule has 0 aromatic heterocycles. The van der Waals surface area contributed by atoms with Gasteiger partial charge >= 0.3 is 0 Å². The van der Waals surface area contributed by atoms with Crippen LogP contribution in [0.1, 0.15) is 39.5 Å². The van der Waals surface area contributed by atoms with Gasteiger partial charge in [0.25, 0.3) is 0 Å². The van der Waals surface area contributed by atoms with E-state index in [9.17, 15) is 4.79 Å². The first-order chi connectivity index (χ1) is 8.49. The number of anilines is 2. The Morgan fingerprint density at radius 1 is 1.39 bits per heavy atom. The maximum atomic E-state index is 12.3. The molecule has 0 radical (unpaired) electrons. The minimum Gasteiger partial charge on any atom is -0.399 e. The maximum Gasteiger partial charge on any atom is 0.228 e. The Morgan fingerprint density at radius 2 is 2.17 bits per heavy atom. The van der Waals surface area contributed by atoms with E-state index in [1.54, 1.807) is 6.07 Å². The molecule has 1 unspecified atom stereocenters. The summed E-state index contributed by atoms with van der Waals surface area (Å²) >= 11 is 0. The van der Waals surface area contributed by atoms with Gasteiger partial charge in [0.05, 0.1) is 0 Å². The van der Waals surface area contributed by atoms with Crippen LogP contribution in [-0.2, 0) is 4.79 Å². The summed E-state index contributed by atoms with van der Waals surface area (Å²) in [5, 5.41) is 2.99. The highest BCUT2D eigenvalue weighted by molar-refractivity contribution is 5.93. The van der Waals surface area contributed by atoms with E-state index >= 15 is 0 Å². The van der Waals surface area contributed by atoms with E-state index in [0.29, 0.717) is 5.69 Å². The van der Waals surface area contributed by atoms with Crippen molar-refractivity contribution in [3.63, 3.8) is 0 Å². The second-order valence-electron chi connectivity index (χ2n) is 5.90. The zero-order valence-electron chi connectivity index (χ0n) is 11.2. The number of hydrogen-bond donors (Lipinski definition) is 2. The first-order valence-electron chi connectivity index (χ1n) is 6.65. The Kier molecular flexibility index (Phi) is 3.60. The number of benzene rings is 1. The van der Waals surface area contributed by atoms with Gasteiger partial charge in [0.2, 0.25) is 5.91 Å². The molecule has 1 aliphatic carbocycles. The van der Waals surface area contributed by atoms with E-state index in [2.05, 4.69) is 19.2 Å². The quantitative estimate of drug-likeness (QED) is 0.785. The van der Waals surface area contributed by atoms with Crippen LogP contribution in [0.5, 0.6) is 0 Å². The summed E-state index contributed by atoms with van der Waals surface area (Å²) in [6, 6.07) is 7.36. The molecule has 1 aromatic carbocycles. The number of carbonyl (C=O) groups excluding carboxylic acids is 1. The zero-order chi connectivity index (χ0) is 13.2. The van der Waals surface area contributed by atoms with Crippen molar-refractivity contribution in [2.75, 3.05) is 11.1 Å². The van der Waals surface area contributed by atoms with Crippen LogP contribution in [0.15, 0.2) is 24.3 Å². The largest absolute Gasteiger partial charge is 0.399 e. The average Bonchev–Trinajstić information content (AvgIpc) is 2.28. The molecule has 18 heavy (non-hydrogen) atoms. The third-order valence-electron chi connectivity index (χ3n) is 3.98. The molecule has 98 valence electrons. The first kappa shape index (κ1) is 12.9. The Bertz CT molecular complexity index is 440. The molecule has 3 heteroatoms. The van der Waals surface area contributed by atoms with Crippen LogP contribution < -0.4 is 11.1 Å². The van der Waals surface area contributed by atoms with E-state index in [-0.39, 0.29) is 17.2 Å². The molecule has 1 amide bonds. The van der Waals surface area contributed by atoms with E-state index in [1.165, 1.54) is 6.42 Å². The first-order valence-corrected chi connectivity index (χ1v) is 6.65. The summed E-state index contributed by atoms with van der Waals surface area (Å²) in [6.07, 6.45) is 4.50. The molecular formula is C15H22N2O. The van der Waals surface area contributed by atoms with Gasteiger partial charge in [-0.05, 0) is 36.5 Å². The standard InChI is InChI=1S/C15H22N2O/c1-15(2)9-4-3-8-13(15)14(18)17-12-7-5-6-11(16)10-12/h5-7,10,13H,3-4,8-9,16H2,1-2H3,(H,17,18). The Labute approximate surface area is 109 Å². The topological polar surface area (TPSA) is 55.1 Å². The van der Waals surface area contributed by atoms with E-state index in [0.717, 1.165) is 24.9 Å². The van der Waals surface area contributed by atoms with Crippen molar-refractivity contribution in [1.29, 1.82) is 0 Å². The van der Waals surface area contributed by atoms with Crippen LogP contribution in [0.2, 0.25) is 0 Å². The van der Waals surface area contributed by atoms with Crippen LogP contribution in [-0.4, -0.2) is 5.91 Å². The number of hydrogen-bond acceptors (Lipinski definition) is 2. The third kappa shape index (κ3) is 2.84. The van der Waals surface area contributed by atoms with Crippen molar-refractivity contribution in [1.82, 2.24) is 0 Å². The number of carbonyl (C=O) groups is 1. The summed E-state index contributed by atoms with van der Waals surface area (Å²) in [5.41, 5.74) is 7.28. The van der Waals surface area contributed by atoms with Crippen molar-refractivity contribution in [3.8, 4) is 0 Å². The molecule has 1 saturated carbocycles. The lowest BCUT2D eigenvalue weighted by molar-refractivity contribution is -0.124. The van der Waals surface area contributed by atoms with Gasteiger partial charge in [-0.2, -0.15) is 0 Å². The van der Waals surface area contributed by atoms with Crippen LogP contribution in [0.3, 0.4) is 0 Å². The fourth-order valence-electron chi connectivity index (χ4n) is 2.83. The Balaban J connectivity index is 2.07. The van der Waals surface area contributed by atoms with Crippen LogP contribution in [0.4, 0.5) is 11.4 Å². The molecule has 0 heterocycles. The molecule has 0 bridgehead atoms. The maximum absolute atomic E-state index is 12.3. The fraction of sp³-hybridized carbons (Fsp3) is 0.533. The van der Waals surface area contributed by atoms with Gasteiger partial charge in [0, 0.05) is 17.3 Å².